The second-order valence-corrected chi connectivity index (χ2v) is 3.16. The summed E-state index contributed by atoms with van der Waals surface area (Å²) in [7, 11) is 0. The second-order valence-electron chi connectivity index (χ2n) is 3.16. The summed E-state index contributed by atoms with van der Waals surface area (Å²) < 4.78 is 0. The first-order valence-corrected chi connectivity index (χ1v) is 3.95. The zero-order chi connectivity index (χ0) is 8.85. The molecule has 0 aliphatic carbocycles. The van der Waals surface area contributed by atoms with E-state index in [0.29, 0.717) is 5.92 Å². The maximum atomic E-state index is 11.0. The van der Waals surface area contributed by atoms with Gasteiger partial charge < -0.3 is 5.32 Å². The van der Waals surface area contributed by atoms with Crippen LogP contribution in [0.25, 0.3) is 0 Å². The summed E-state index contributed by atoms with van der Waals surface area (Å²) >= 11 is 0. The Morgan fingerprint density at radius 3 is 2.45 bits per heavy atom. The molecule has 0 fully saturated rings. The van der Waals surface area contributed by atoms with E-state index in [0.717, 1.165) is 6.42 Å². The van der Waals surface area contributed by atoms with Gasteiger partial charge in [-0.1, -0.05) is 20.4 Å². The number of carbonyl (C=O) groups excluding carboxylic acids is 1. The molecule has 0 spiro atoms. The van der Waals surface area contributed by atoms with Gasteiger partial charge in [-0.25, -0.2) is 0 Å². The number of hydrogen-bond donors (Lipinski definition) is 1. The molecular weight excluding hydrogens is 138 g/mol. The lowest BCUT2D eigenvalue weighted by Gasteiger charge is -2.15. The van der Waals surface area contributed by atoms with Gasteiger partial charge in [0, 0.05) is 0 Å². The van der Waals surface area contributed by atoms with Crippen LogP contribution >= 0.6 is 0 Å². The van der Waals surface area contributed by atoms with Crippen LogP contribution in [-0.2, 0) is 4.79 Å². The van der Waals surface area contributed by atoms with Crippen molar-refractivity contribution >= 4 is 5.78 Å². The molecule has 0 unspecified atom stereocenters. The molecule has 64 valence electrons. The third-order valence-electron chi connectivity index (χ3n) is 1.52. The smallest absolute Gasteiger partial charge is 0.151 e. The van der Waals surface area contributed by atoms with E-state index in [9.17, 15) is 4.79 Å². The molecule has 11 heavy (non-hydrogen) atoms. The highest BCUT2D eigenvalue weighted by atomic mass is 16.1. The van der Waals surface area contributed by atoms with Crippen LogP contribution in [0.4, 0.5) is 0 Å². The number of carbonyl (C=O) groups is 1. The highest BCUT2D eigenvalue weighted by Crippen LogP contribution is 2.04. The van der Waals surface area contributed by atoms with Crippen LogP contribution < -0.4 is 5.32 Å². The molecule has 0 amide bonds. The van der Waals surface area contributed by atoms with E-state index < -0.39 is 0 Å². The minimum atomic E-state index is -0.0486. The highest BCUT2D eigenvalue weighted by Gasteiger charge is 2.12. The van der Waals surface area contributed by atoms with E-state index in [2.05, 4.69) is 25.7 Å². The van der Waals surface area contributed by atoms with Crippen molar-refractivity contribution in [2.75, 3.05) is 0 Å². The molecule has 2 heteroatoms. The highest BCUT2D eigenvalue weighted by molar-refractivity contribution is 5.81. The molecule has 1 atom stereocenters. The predicted molar refractivity (Wildman–Crippen MR) is 47.3 cm³/mol. The van der Waals surface area contributed by atoms with Gasteiger partial charge in [-0.15, -0.1) is 0 Å². The molecule has 0 heterocycles. The van der Waals surface area contributed by atoms with Gasteiger partial charge >= 0.3 is 0 Å². The van der Waals surface area contributed by atoms with Gasteiger partial charge in [-0.3, -0.25) is 4.79 Å². The number of rotatable bonds is 5. The van der Waals surface area contributed by atoms with E-state index in [-0.39, 0.29) is 11.8 Å². The van der Waals surface area contributed by atoms with E-state index in [1.807, 2.05) is 0 Å². The Kier molecular flexibility index (Phi) is 4.59. The summed E-state index contributed by atoms with van der Waals surface area (Å²) in [4.78, 5) is 11.0. The first-order valence-electron chi connectivity index (χ1n) is 3.95. The summed E-state index contributed by atoms with van der Waals surface area (Å²) in [6.07, 6.45) is 2.45. The fraction of sp³-hybridized carbons (Fsp3) is 0.667. The second kappa shape index (κ2) is 4.94. The molecule has 0 aromatic carbocycles. The molecule has 0 aliphatic heterocycles. The Labute approximate surface area is 68.7 Å². The van der Waals surface area contributed by atoms with Crippen LogP contribution in [0, 0.1) is 5.92 Å². The predicted octanol–water partition coefficient (Wildman–Crippen LogP) is 1.72. The normalized spacial score (nSPS) is 12.7. The summed E-state index contributed by atoms with van der Waals surface area (Å²) in [6, 6.07) is -0.0486. The van der Waals surface area contributed by atoms with Crippen LogP contribution in [0.15, 0.2) is 12.8 Å². The maximum Gasteiger partial charge on any atom is 0.151 e. The summed E-state index contributed by atoms with van der Waals surface area (Å²) in [5, 5.41) is 2.93. The largest absolute Gasteiger partial charge is 0.382 e. The third kappa shape index (κ3) is 4.59. The molecule has 0 aromatic heterocycles. The Morgan fingerprint density at radius 1 is 1.64 bits per heavy atom. The van der Waals surface area contributed by atoms with Crippen LogP contribution in [0.1, 0.15) is 27.2 Å². The number of ketones is 1. The SMILES string of the molecule is C=CN[C@@H](CC(C)C)C(C)=O. The fourth-order valence-electron chi connectivity index (χ4n) is 0.965. The van der Waals surface area contributed by atoms with Crippen molar-refractivity contribution in [3.8, 4) is 0 Å². The topological polar surface area (TPSA) is 29.1 Å². The minimum Gasteiger partial charge on any atom is -0.382 e. The van der Waals surface area contributed by atoms with Gasteiger partial charge in [0.25, 0.3) is 0 Å². The lowest BCUT2D eigenvalue weighted by Crippen LogP contribution is -2.32. The molecule has 2 nitrogen and oxygen atoms in total. The van der Waals surface area contributed by atoms with Crippen molar-refractivity contribution in [2.24, 2.45) is 5.92 Å². The van der Waals surface area contributed by atoms with Crippen molar-refractivity contribution in [3.63, 3.8) is 0 Å². The van der Waals surface area contributed by atoms with Gasteiger partial charge in [0.05, 0.1) is 6.04 Å². The summed E-state index contributed by atoms with van der Waals surface area (Å²) in [6.45, 7) is 9.32. The van der Waals surface area contributed by atoms with E-state index in [1.54, 1.807) is 13.1 Å². The zero-order valence-corrected chi connectivity index (χ0v) is 7.55. The molecule has 0 aliphatic rings. The van der Waals surface area contributed by atoms with Gasteiger partial charge in [0.15, 0.2) is 5.78 Å². The monoisotopic (exact) mass is 155 g/mol. The van der Waals surface area contributed by atoms with Crippen LogP contribution in [0.5, 0.6) is 0 Å². The maximum absolute atomic E-state index is 11.0. The van der Waals surface area contributed by atoms with Crippen LogP contribution in [0.3, 0.4) is 0 Å². The van der Waals surface area contributed by atoms with Crippen molar-refractivity contribution in [3.05, 3.63) is 12.8 Å². The van der Waals surface area contributed by atoms with Gasteiger partial charge in [-0.2, -0.15) is 0 Å². The average molecular weight is 155 g/mol. The standard InChI is InChI=1S/C9H17NO/c1-5-10-9(8(4)11)6-7(2)3/h5,7,9-10H,1,6H2,2-4H3/t9-/m0/s1. The third-order valence-corrected chi connectivity index (χ3v) is 1.52. The van der Waals surface area contributed by atoms with E-state index in [1.165, 1.54) is 0 Å². The van der Waals surface area contributed by atoms with Gasteiger partial charge in [0.1, 0.15) is 0 Å². The van der Waals surface area contributed by atoms with Crippen molar-refractivity contribution in [1.82, 2.24) is 5.32 Å². The molecular formula is C9H17NO. The first kappa shape index (κ1) is 10.2. The van der Waals surface area contributed by atoms with E-state index >= 15 is 0 Å². The van der Waals surface area contributed by atoms with Crippen molar-refractivity contribution in [2.45, 2.75) is 33.2 Å². The minimum absolute atomic E-state index is 0.0486. The quantitative estimate of drug-likeness (QED) is 0.655. The molecule has 0 saturated heterocycles. The van der Waals surface area contributed by atoms with Crippen LogP contribution in [-0.4, -0.2) is 11.8 Å². The fourth-order valence-corrected chi connectivity index (χ4v) is 0.965. The molecule has 1 N–H and O–H groups in total. The first-order chi connectivity index (χ1) is 5.07. The van der Waals surface area contributed by atoms with Crippen LogP contribution in [0.2, 0.25) is 0 Å². The van der Waals surface area contributed by atoms with Crippen molar-refractivity contribution in [1.29, 1.82) is 0 Å². The van der Waals surface area contributed by atoms with Gasteiger partial charge in [-0.05, 0) is 25.5 Å². The molecule has 0 saturated carbocycles. The van der Waals surface area contributed by atoms with Gasteiger partial charge in [0.2, 0.25) is 0 Å². The average Bonchev–Trinajstić information content (AvgIpc) is 1.86. The molecule has 0 aromatic rings. The Morgan fingerprint density at radius 2 is 2.18 bits per heavy atom. The number of nitrogens with one attached hydrogen (secondary N) is 1. The zero-order valence-electron chi connectivity index (χ0n) is 7.55. The molecule has 0 rings (SSSR count). The number of hydrogen-bond acceptors (Lipinski definition) is 2. The lowest BCUT2D eigenvalue weighted by atomic mass is 10.0. The molecule has 0 radical (unpaired) electrons. The summed E-state index contributed by atoms with van der Waals surface area (Å²) in [5.74, 6) is 0.718. The summed E-state index contributed by atoms with van der Waals surface area (Å²) in [5.41, 5.74) is 0. The molecule has 0 bridgehead atoms. The number of Topliss-reactive ketones (excluding diaryl/α,β-unsaturated/α-hetero) is 1. The van der Waals surface area contributed by atoms with E-state index in [4.69, 9.17) is 0 Å². The Hall–Kier alpha value is -0.790. The lowest BCUT2D eigenvalue weighted by molar-refractivity contribution is -0.119. The Balaban J connectivity index is 3.88. The Bertz CT molecular complexity index is 140. The van der Waals surface area contributed by atoms with Crippen molar-refractivity contribution < 1.29 is 4.79 Å².